The Hall–Kier alpha value is -1.26. The lowest BCUT2D eigenvalue weighted by atomic mass is 10.1. The van der Waals surface area contributed by atoms with E-state index in [0.717, 1.165) is 31.6 Å². The fourth-order valence-electron chi connectivity index (χ4n) is 3.07. The second-order valence-corrected chi connectivity index (χ2v) is 7.06. The highest BCUT2D eigenvalue weighted by atomic mass is 35.5. The van der Waals surface area contributed by atoms with Crippen LogP contribution in [0.3, 0.4) is 0 Å². The van der Waals surface area contributed by atoms with Crippen molar-refractivity contribution >= 4 is 17.5 Å². The van der Waals surface area contributed by atoms with Crippen molar-refractivity contribution in [3.63, 3.8) is 0 Å². The van der Waals surface area contributed by atoms with Gasteiger partial charge >= 0.3 is 0 Å². The van der Waals surface area contributed by atoms with Gasteiger partial charge in [-0.2, -0.15) is 0 Å². The van der Waals surface area contributed by atoms with Gasteiger partial charge < -0.3 is 10.1 Å². The zero-order valence-corrected chi connectivity index (χ0v) is 15.9. The third-order valence-electron chi connectivity index (χ3n) is 4.45. The molecule has 0 spiro atoms. The third kappa shape index (κ3) is 8.59. The minimum atomic E-state index is 0.105. The van der Waals surface area contributed by atoms with Gasteiger partial charge in [0.15, 0.2) is 0 Å². The molecule has 1 aromatic carbocycles. The molecule has 1 fully saturated rings. The first kappa shape index (κ1) is 20.1. The Labute approximate surface area is 156 Å². The highest BCUT2D eigenvalue weighted by Gasteiger charge is 2.10. The lowest BCUT2D eigenvalue weighted by Crippen LogP contribution is -2.29. The number of hydrogen-bond acceptors (Lipinski definition) is 3. The number of rotatable bonds is 11. The molecule has 1 amide bonds. The van der Waals surface area contributed by atoms with Crippen molar-refractivity contribution in [1.29, 1.82) is 0 Å². The van der Waals surface area contributed by atoms with E-state index in [1.54, 1.807) is 0 Å². The van der Waals surface area contributed by atoms with Crippen LogP contribution in [0.2, 0.25) is 0 Å². The zero-order chi connectivity index (χ0) is 17.7. The van der Waals surface area contributed by atoms with Crippen LogP contribution >= 0.6 is 11.6 Å². The number of piperidine rings is 1. The molecule has 0 saturated carbocycles. The lowest BCUT2D eigenvalue weighted by molar-refractivity contribution is -0.121. The maximum absolute atomic E-state index is 11.6. The zero-order valence-electron chi connectivity index (χ0n) is 15.1. The second kappa shape index (κ2) is 12.2. The molecule has 0 aliphatic carbocycles. The summed E-state index contributed by atoms with van der Waals surface area (Å²) in [5.74, 6) is 1.65. The maximum atomic E-state index is 11.6. The van der Waals surface area contributed by atoms with Crippen LogP contribution in [-0.4, -0.2) is 42.9 Å². The van der Waals surface area contributed by atoms with Crippen molar-refractivity contribution in [1.82, 2.24) is 10.2 Å². The Kier molecular flexibility index (Phi) is 9.75. The van der Waals surface area contributed by atoms with Crippen LogP contribution in [0.1, 0.15) is 50.5 Å². The van der Waals surface area contributed by atoms with Crippen LogP contribution < -0.4 is 10.1 Å². The molecule has 1 aliphatic rings. The molecule has 0 atom stereocenters. The molecule has 0 bridgehead atoms. The van der Waals surface area contributed by atoms with Crippen molar-refractivity contribution < 1.29 is 9.53 Å². The molecule has 25 heavy (non-hydrogen) atoms. The fraction of sp³-hybridized carbons (Fsp3) is 0.650. The number of benzene rings is 1. The van der Waals surface area contributed by atoms with Gasteiger partial charge in [0, 0.05) is 25.4 Å². The van der Waals surface area contributed by atoms with Gasteiger partial charge in [0.2, 0.25) is 5.91 Å². The number of ether oxygens (including phenoxy) is 1. The summed E-state index contributed by atoms with van der Waals surface area (Å²) in [6.45, 7) is 4.70. The Morgan fingerprint density at radius 3 is 2.80 bits per heavy atom. The Morgan fingerprint density at radius 2 is 2.00 bits per heavy atom. The van der Waals surface area contributed by atoms with Crippen LogP contribution in [0.4, 0.5) is 0 Å². The largest absolute Gasteiger partial charge is 0.494 e. The number of nitrogens with one attached hydrogen (secondary N) is 1. The van der Waals surface area contributed by atoms with Crippen LogP contribution in [0.25, 0.3) is 0 Å². The molecular formula is C20H31ClN2O2. The molecule has 4 nitrogen and oxygen atoms in total. The first-order chi connectivity index (χ1) is 12.3. The smallest absolute Gasteiger partial charge is 0.219 e. The van der Waals surface area contributed by atoms with Crippen molar-refractivity contribution in [3.05, 3.63) is 29.8 Å². The number of halogens is 1. The van der Waals surface area contributed by atoms with E-state index in [9.17, 15) is 4.79 Å². The summed E-state index contributed by atoms with van der Waals surface area (Å²) in [6.07, 6.45) is 7.12. The minimum Gasteiger partial charge on any atom is -0.494 e. The van der Waals surface area contributed by atoms with Crippen molar-refractivity contribution in [2.45, 2.75) is 51.5 Å². The number of nitrogens with zero attached hydrogens (tertiary/aromatic N) is 1. The summed E-state index contributed by atoms with van der Waals surface area (Å²) in [6, 6.07) is 8.37. The van der Waals surface area contributed by atoms with Gasteiger partial charge in [-0.1, -0.05) is 18.6 Å². The van der Waals surface area contributed by atoms with E-state index in [2.05, 4.69) is 28.4 Å². The monoisotopic (exact) mass is 366 g/mol. The average Bonchev–Trinajstić information content (AvgIpc) is 2.63. The van der Waals surface area contributed by atoms with Gasteiger partial charge in [-0.3, -0.25) is 9.69 Å². The average molecular weight is 367 g/mol. The molecule has 0 unspecified atom stereocenters. The highest BCUT2D eigenvalue weighted by molar-refractivity contribution is 6.17. The summed E-state index contributed by atoms with van der Waals surface area (Å²) in [5, 5.41) is 2.92. The van der Waals surface area contributed by atoms with Crippen molar-refractivity contribution in [2.24, 2.45) is 0 Å². The van der Waals surface area contributed by atoms with Gasteiger partial charge in [-0.25, -0.2) is 0 Å². The quantitative estimate of drug-likeness (QED) is 0.476. The predicted molar refractivity (Wildman–Crippen MR) is 103 cm³/mol. The lowest BCUT2D eigenvalue weighted by Gasteiger charge is -2.26. The van der Waals surface area contributed by atoms with E-state index in [0.29, 0.717) is 25.5 Å². The SMILES string of the molecule is O=C(CCCCCl)NCCCOc1cccc(CN2CCCCC2)c1. The van der Waals surface area contributed by atoms with Gasteiger partial charge in [-0.05, 0) is 62.9 Å². The van der Waals surface area contributed by atoms with Gasteiger partial charge in [0.25, 0.3) is 0 Å². The molecule has 1 saturated heterocycles. The van der Waals surface area contributed by atoms with Gasteiger partial charge in [0.1, 0.15) is 5.75 Å². The number of likely N-dealkylation sites (tertiary alicyclic amines) is 1. The first-order valence-corrected chi connectivity index (χ1v) is 10.1. The summed E-state index contributed by atoms with van der Waals surface area (Å²) in [5.41, 5.74) is 1.31. The molecule has 1 heterocycles. The predicted octanol–water partition coefficient (Wildman–Crippen LogP) is 3.97. The van der Waals surface area contributed by atoms with Crippen molar-refractivity contribution in [2.75, 3.05) is 32.1 Å². The summed E-state index contributed by atoms with van der Waals surface area (Å²) < 4.78 is 5.83. The van der Waals surface area contributed by atoms with E-state index in [1.165, 1.54) is 37.9 Å². The second-order valence-electron chi connectivity index (χ2n) is 6.68. The van der Waals surface area contributed by atoms with Gasteiger partial charge in [-0.15, -0.1) is 11.6 Å². The molecule has 5 heteroatoms. The van der Waals surface area contributed by atoms with E-state index in [4.69, 9.17) is 16.3 Å². The highest BCUT2D eigenvalue weighted by Crippen LogP contribution is 2.17. The standard InChI is InChI=1S/C20H31ClN2O2/c21-11-3-2-10-20(24)22-12-7-15-25-19-9-6-8-18(16-19)17-23-13-4-1-5-14-23/h6,8-9,16H,1-5,7,10-15,17H2,(H,22,24). The third-order valence-corrected chi connectivity index (χ3v) is 4.72. The van der Waals surface area contributed by atoms with Crippen LogP contribution in [0.5, 0.6) is 5.75 Å². The summed E-state index contributed by atoms with van der Waals surface area (Å²) in [7, 11) is 0. The number of carbonyl (C=O) groups excluding carboxylic acids is 1. The topological polar surface area (TPSA) is 41.6 Å². The summed E-state index contributed by atoms with van der Waals surface area (Å²) >= 11 is 5.60. The molecule has 2 rings (SSSR count). The van der Waals surface area contributed by atoms with E-state index >= 15 is 0 Å². The Balaban J connectivity index is 1.60. The molecule has 1 aliphatic heterocycles. The molecule has 0 radical (unpaired) electrons. The summed E-state index contributed by atoms with van der Waals surface area (Å²) in [4.78, 5) is 14.1. The van der Waals surface area contributed by atoms with Crippen molar-refractivity contribution in [3.8, 4) is 5.75 Å². The number of alkyl halides is 1. The van der Waals surface area contributed by atoms with Crippen LogP contribution in [-0.2, 0) is 11.3 Å². The number of carbonyl (C=O) groups is 1. The molecule has 0 aromatic heterocycles. The number of hydrogen-bond donors (Lipinski definition) is 1. The Morgan fingerprint density at radius 1 is 1.16 bits per heavy atom. The van der Waals surface area contributed by atoms with E-state index < -0.39 is 0 Å². The number of unbranched alkanes of at least 4 members (excludes halogenated alkanes) is 1. The first-order valence-electron chi connectivity index (χ1n) is 9.54. The Bertz CT molecular complexity index is 504. The molecule has 1 N–H and O–H groups in total. The van der Waals surface area contributed by atoms with E-state index in [-0.39, 0.29) is 5.91 Å². The fourth-order valence-corrected chi connectivity index (χ4v) is 3.26. The normalized spacial score (nSPS) is 15.1. The molecular weight excluding hydrogens is 336 g/mol. The maximum Gasteiger partial charge on any atom is 0.219 e. The number of amides is 1. The van der Waals surface area contributed by atoms with Crippen LogP contribution in [0, 0.1) is 0 Å². The van der Waals surface area contributed by atoms with Gasteiger partial charge in [0.05, 0.1) is 6.61 Å². The minimum absolute atomic E-state index is 0.105. The van der Waals surface area contributed by atoms with Crippen LogP contribution in [0.15, 0.2) is 24.3 Å². The molecule has 140 valence electrons. The molecule has 1 aromatic rings. The van der Waals surface area contributed by atoms with E-state index in [1.807, 2.05) is 6.07 Å².